The monoisotopic (exact) mass is 276 g/mol. The predicted octanol–water partition coefficient (Wildman–Crippen LogP) is -0.0476. The number of carbonyl (C=O) groups is 1. The average Bonchev–Trinajstić information content (AvgIpc) is 2.79. The lowest BCUT2D eigenvalue weighted by Gasteiger charge is -2.10. The highest BCUT2D eigenvalue weighted by Crippen LogP contribution is 2.13. The number of methoxy groups -OCH3 is 1. The van der Waals surface area contributed by atoms with Gasteiger partial charge in [-0.3, -0.25) is 4.79 Å². The van der Waals surface area contributed by atoms with Crippen LogP contribution in [0.25, 0.3) is 0 Å². The Kier molecular flexibility index (Phi) is 4.88. The Morgan fingerprint density at radius 1 is 1.50 bits per heavy atom. The van der Waals surface area contributed by atoms with E-state index >= 15 is 0 Å². The minimum atomic E-state index is -3.67. The van der Waals surface area contributed by atoms with Crippen molar-refractivity contribution in [3.05, 3.63) is 17.9 Å². The van der Waals surface area contributed by atoms with Gasteiger partial charge >= 0.3 is 0 Å². The Balaban J connectivity index is 2.77. The first kappa shape index (κ1) is 14.7. The maximum Gasteiger partial charge on any atom is 0.287 e. The van der Waals surface area contributed by atoms with Gasteiger partial charge < -0.3 is 14.5 Å². The molecule has 0 fully saturated rings. The molecule has 0 bridgehead atoms. The van der Waals surface area contributed by atoms with Crippen molar-refractivity contribution in [1.29, 1.82) is 0 Å². The average molecular weight is 276 g/mol. The minimum absolute atomic E-state index is 0.0632. The second-order valence-corrected chi connectivity index (χ2v) is 5.47. The fraction of sp³-hybridized carbons (Fsp3) is 0.500. The molecule has 1 unspecified atom stereocenters. The third-order valence-corrected chi connectivity index (χ3v) is 3.42. The van der Waals surface area contributed by atoms with Crippen LogP contribution >= 0.6 is 0 Å². The number of sulfonamides is 1. The normalized spacial score (nSPS) is 13.3. The number of amides is 1. The van der Waals surface area contributed by atoms with Gasteiger partial charge in [0.05, 0.1) is 6.61 Å². The van der Waals surface area contributed by atoms with E-state index < -0.39 is 15.9 Å². The van der Waals surface area contributed by atoms with Crippen molar-refractivity contribution in [2.24, 2.45) is 0 Å². The summed E-state index contributed by atoms with van der Waals surface area (Å²) in [6, 6.07) is 2.33. The third kappa shape index (κ3) is 3.56. The SMILES string of the molecule is CNS(=O)(=O)c1ccc(C(=O)NC(C)COC)o1. The summed E-state index contributed by atoms with van der Waals surface area (Å²) in [6.45, 7) is 2.11. The van der Waals surface area contributed by atoms with E-state index in [0.29, 0.717) is 6.61 Å². The molecule has 0 radical (unpaired) electrons. The van der Waals surface area contributed by atoms with E-state index in [1.807, 2.05) is 0 Å². The number of hydrogen-bond donors (Lipinski definition) is 2. The van der Waals surface area contributed by atoms with E-state index in [1.165, 1.54) is 26.3 Å². The van der Waals surface area contributed by atoms with E-state index in [9.17, 15) is 13.2 Å². The van der Waals surface area contributed by atoms with Crippen LogP contribution in [0.15, 0.2) is 21.6 Å². The van der Waals surface area contributed by atoms with E-state index in [0.717, 1.165) is 0 Å². The second-order valence-electron chi connectivity index (χ2n) is 3.66. The number of ether oxygens (including phenoxy) is 1. The highest BCUT2D eigenvalue weighted by Gasteiger charge is 2.20. The molecule has 8 heteroatoms. The van der Waals surface area contributed by atoms with E-state index in [1.54, 1.807) is 6.92 Å². The molecule has 102 valence electrons. The summed E-state index contributed by atoms with van der Waals surface area (Å²) in [7, 11) is -0.888. The third-order valence-electron chi connectivity index (χ3n) is 2.13. The van der Waals surface area contributed by atoms with Gasteiger partial charge in [0.2, 0.25) is 5.09 Å². The summed E-state index contributed by atoms with van der Waals surface area (Å²) in [5, 5.41) is 2.31. The molecule has 1 heterocycles. The summed E-state index contributed by atoms with van der Waals surface area (Å²) in [5.41, 5.74) is 0. The Hall–Kier alpha value is -1.38. The lowest BCUT2D eigenvalue weighted by atomic mass is 10.3. The molecule has 0 aromatic carbocycles. The van der Waals surface area contributed by atoms with Gasteiger partial charge in [-0.05, 0) is 26.1 Å². The van der Waals surface area contributed by atoms with Crippen LogP contribution in [0.5, 0.6) is 0 Å². The molecule has 7 nitrogen and oxygen atoms in total. The zero-order valence-corrected chi connectivity index (χ0v) is 11.2. The van der Waals surface area contributed by atoms with E-state index in [4.69, 9.17) is 9.15 Å². The van der Waals surface area contributed by atoms with Crippen molar-refractivity contribution in [1.82, 2.24) is 10.0 Å². The first-order valence-corrected chi connectivity index (χ1v) is 6.72. The molecule has 1 amide bonds. The van der Waals surface area contributed by atoms with Gasteiger partial charge in [-0.15, -0.1) is 0 Å². The highest BCUT2D eigenvalue weighted by molar-refractivity contribution is 7.89. The maximum atomic E-state index is 11.7. The largest absolute Gasteiger partial charge is 0.438 e. The molecule has 1 rings (SSSR count). The molecule has 0 aliphatic carbocycles. The summed E-state index contributed by atoms with van der Waals surface area (Å²) < 4.78 is 34.8. The molecule has 0 aliphatic heterocycles. The molecule has 0 spiro atoms. The molecule has 1 atom stereocenters. The Morgan fingerprint density at radius 3 is 2.72 bits per heavy atom. The molecular formula is C10H16N2O5S. The van der Waals surface area contributed by atoms with Crippen molar-refractivity contribution >= 4 is 15.9 Å². The summed E-state index contributed by atoms with van der Waals surface area (Å²) in [6.07, 6.45) is 0. The van der Waals surface area contributed by atoms with Crippen molar-refractivity contribution in [3.8, 4) is 0 Å². The van der Waals surface area contributed by atoms with Gasteiger partial charge in [-0.2, -0.15) is 0 Å². The molecular weight excluding hydrogens is 260 g/mol. The molecule has 1 aromatic rings. The maximum absolute atomic E-state index is 11.7. The number of furan rings is 1. The molecule has 18 heavy (non-hydrogen) atoms. The number of nitrogens with one attached hydrogen (secondary N) is 2. The quantitative estimate of drug-likeness (QED) is 0.759. The van der Waals surface area contributed by atoms with Crippen LogP contribution in [0.1, 0.15) is 17.5 Å². The number of rotatable bonds is 6. The van der Waals surface area contributed by atoms with Crippen LogP contribution in [0.2, 0.25) is 0 Å². The van der Waals surface area contributed by atoms with Crippen LogP contribution in [0.4, 0.5) is 0 Å². The minimum Gasteiger partial charge on any atom is -0.438 e. The van der Waals surface area contributed by atoms with Gasteiger partial charge in [0.1, 0.15) is 0 Å². The molecule has 2 N–H and O–H groups in total. The lowest BCUT2D eigenvalue weighted by Crippen LogP contribution is -2.35. The summed E-state index contributed by atoms with van der Waals surface area (Å²) in [4.78, 5) is 11.7. The number of hydrogen-bond acceptors (Lipinski definition) is 5. The van der Waals surface area contributed by atoms with Crippen LogP contribution in [0, 0.1) is 0 Å². The molecule has 0 saturated heterocycles. The van der Waals surface area contributed by atoms with Crippen LogP contribution < -0.4 is 10.0 Å². The van der Waals surface area contributed by atoms with Gasteiger partial charge in [0.15, 0.2) is 5.76 Å². The van der Waals surface area contributed by atoms with Gasteiger partial charge in [0, 0.05) is 13.2 Å². The number of carbonyl (C=O) groups excluding carboxylic acids is 1. The van der Waals surface area contributed by atoms with Crippen LogP contribution in [-0.4, -0.2) is 41.1 Å². The van der Waals surface area contributed by atoms with E-state index in [2.05, 4.69) is 10.0 Å². The molecule has 1 aromatic heterocycles. The predicted molar refractivity (Wildman–Crippen MR) is 63.8 cm³/mol. The zero-order chi connectivity index (χ0) is 13.8. The second kappa shape index (κ2) is 5.98. The first-order valence-electron chi connectivity index (χ1n) is 5.24. The van der Waals surface area contributed by atoms with Crippen molar-refractivity contribution in [3.63, 3.8) is 0 Å². The van der Waals surface area contributed by atoms with E-state index in [-0.39, 0.29) is 16.9 Å². The fourth-order valence-electron chi connectivity index (χ4n) is 1.27. The van der Waals surface area contributed by atoms with Gasteiger partial charge in [0.25, 0.3) is 15.9 Å². The first-order chi connectivity index (χ1) is 8.40. The van der Waals surface area contributed by atoms with Crippen molar-refractivity contribution in [2.45, 2.75) is 18.1 Å². The fourth-order valence-corrected chi connectivity index (χ4v) is 1.92. The Morgan fingerprint density at radius 2 is 2.17 bits per heavy atom. The lowest BCUT2D eigenvalue weighted by molar-refractivity contribution is 0.0872. The van der Waals surface area contributed by atoms with Crippen molar-refractivity contribution < 1.29 is 22.4 Å². The zero-order valence-electron chi connectivity index (χ0n) is 10.4. The standard InChI is InChI=1S/C10H16N2O5S/c1-7(6-16-3)12-10(13)8-4-5-9(17-8)18(14,15)11-2/h4-5,7,11H,6H2,1-3H3,(H,12,13). The molecule has 0 aliphatic rings. The van der Waals surface area contributed by atoms with Crippen molar-refractivity contribution in [2.75, 3.05) is 20.8 Å². The summed E-state index contributed by atoms with van der Waals surface area (Å²) in [5.74, 6) is -0.552. The molecule has 0 saturated carbocycles. The highest BCUT2D eigenvalue weighted by atomic mass is 32.2. The smallest absolute Gasteiger partial charge is 0.287 e. The summed E-state index contributed by atoms with van der Waals surface area (Å²) >= 11 is 0. The Bertz CT molecular complexity index is 508. The van der Waals surface area contributed by atoms with Gasteiger partial charge in [-0.1, -0.05) is 0 Å². The van der Waals surface area contributed by atoms with Gasteiger partial charge in [-0.25, -0.2) is 13.1 Å². The van der Waals surface area contributed by atoms with Crippen LogP contribution in [-0.2, 0) is 14.8 Å². The topological polar surface area (TPSA) is 97.6 Å². The van der Waals surface area contributed by atoms with Crippen LogP contribution in [0.3, 0.4) is 0 Å². The Labute approximate surface area is 106 Å².